The van der Waals surface area contributed by atoms with Gasteiger partial charge in [-0.25, -0.2) is 14.4 Å². The second kappa shape index (κ2) is 12.5. The number of aromatic nitrogens is 3. The Morgan fingerprint density at radius 1 is 1.02 bits per heavy atom. The average Bonchev–Trinajstić information content (AvgIpc) is 3.29. The topological polar surface area (TPSA) is 100 Å². The summed E-state index contributed by atoms with van der Waals surface area (Å²) in [5.74, 6) is -0.589. The molecule has 5 rings (SSSR count). The maximum atomic E-state index is 14.5. The summed E-state index contributed by atoms with van der Waals surface area (Å²) in [4.78, 5) is 37.9. The first-order valence-electron chi connectivity index (χ1n) is 13.2. The van der Waals surface area contributed by atoms with Crippen molar-refractivity contribution in [3.05, 3.63) is 75.8 Å². The van der Waals surface area contributed by atoms with Gasteiger partial charge in [0.05, 0.1) is 33.6 Å². The lowest BCUT2D eigenvalue weighted by molar-refractivity contribution is -0.142. The number of amides is 2. The van der Waals surface area contributed by atoms with Crippen LogP contribution < -0.4 is 15.5 Å². The van der Waals surface area contributed by atoms with Gasteiger partial charge in [-0.2, -0.15) is 26.3 Å². The molecule has 1 aromatic carbocycles. The quantitative estimate of drug-likeness (QED) is 0.238. The number of imide groups is 1. The number of anilines is 1. The lowest BCUT2D eigenvalue weighted by Crippen LogP contribution is -2.38. The minimum atomic E-state index is -5.09. The Kier molecular flexibility index (Phi) is 8.92. The van der Waals surface area contributed by atoms with E-state index in [-0.39, 0.29) is 34.7 Å². The number of nitrogens with one attached hydrogen (secondary N) is 2. The zero-order chi connectivity index (χ0) is 31.6. The van der Waals surface area contributed by atoms with Crippen LogP contribution in [0.15, 0.2) is 47.6 Å². The van der Waals surface area contributed by atoms with E-state index >= 15 is 0 Å². The fourth-order valence-electron chi connectivity index (χ4n) is 4.84. The standard InChI is InChI=1S/C28H23F7N6O2S/c29-21-14-38-22(19-2-1-17(27(30,31)32)10-20(19)28(33,34)35)9-16(21)13-36-12-15-4-7-41(8-5-15)25-37-6-3-18(39-25)11-23-24(42)40-26(43)44-23/h1-3,6,9-11,14-15,36H,4-5,7-8,12-13H2,(H,40,42,43). The van der Waals surface area contributed by atoms with E-state index in [0.29, 0.717) is 43.4 Å². The van der Waals surface area contributed by atoms with Crippen molar-refractivity contribution in [2.24, 2.45) is 5.92 Å². The number of pyridine rings is 1. The normalized spacial score (nSPS) is 17.4. The van der Waals surface area contributed by atoms with Gasteiger partial charge in [-0.15, -0.1) is 0 Å². The molecule has 4 heterocycles. The molecule has 0 saturated carbocycles. The van der Waals surface area contributed by atoms with Gasteiger partial charge < -0.3 is 10.2 Å². The van der Waals surface area contributed by atoms with Gasteiger partial charge >= 0.3 is 12.4 Å². The van der Waals surface area contributed by atoms with Gasteiger partial charge in [-0.3, -0.25) is 19.9 Å². The molecular weight excluding hydrogens is 617 g/mol. The Balaban J connectivity index is 1.19. The third-order valence-electron chi connectivity index (χ3n) is 7.09. The molecular formula is C28H23F7N6O2S. The fraction of sp³-hybridized carbons (Fsp3) is 0.321. The maximum absolute atomic E-state index is 14.5. The zero-order valence-electron chi connectivity index (χ0n) is 22.6. The number of nitrogens with zero attached hydrogens (tertiary/aromatic N) is 4. The average molecular weight is 641 g/mol. The van der Waals surface area contributed by atoms with Crippen molar-refractivity contribution in [1.29, 1.82) is 0 Å². The van der Waals surface area contributed by atoms with Crippen molar-refractivity contribution in [3.8, 4) is 11.3 Å². The summed E-state index contributed by atoms with van der Waals surface area (Å²) in [5.41, 5.74) is -3.34. The number of alkyl halides is 6. The van der Waals surface area contributed by atoms with Crippen LogP contribution in [-0.4, -0.2) is 45.7 Å². The Morgan fingerprint density at radius 2 is 1.77 bits per heavy atom. The summed E-state index contributed by atoms with van der Waals surface area (Å²) < 4.78 is 94.5. The number of halogens is 7. The first-order valence-corrected chi connectivity index (χ1v) is 14.1. The van der Waals surface area contributed by atoms with E-state index in [9.17, 15) is 40.3 Å². The number of piperidine rings is 1. The summed E-state index contributed by atoms with van der Waals surface area (Å²) in [6.07, 6.45) is -4.76. The van der Waals surface area contributed by atoms with Crippen molar-refractivity contribution in [2.45, 2.75) is 31.7 Å². The van der Waals surface area contributed by atoms with Crippen molar-refractivity contribution in [1.82, 2.24) is 25.6 Å². The van der Waals surface area contributed by atoms with E-state index in [1.165, 1.54) is 6.08 Å². The van der Waals surface area contributed by atoms with Crippen LogP contribution in [0, 0.1) is 11.7 Å². The predicted octanol–water partition coefficient (Wildman–Crippen LogP) is 6.05. The van der Waals surface area contributed by atoms with E-state index in [0.717, 1.165) is 36.9 Å². The molecule has 2 aromatic heterocycles. The van der Waals surface area contributed by atoms with Crippen LogP contribution in [-0.2, 0) is 23.7 Å². The van der Waals surface area contributed by atoms with Gasteiger partial charge in [0.25, 0.3) is 11.1 Å². The summed E-state index contributed by atoms with van der Waals surface area (Å²) in [6, 6.07) is 3.98. The monoisotopic (exact) mass is 640 g/mol. The molecule has 232 valence electrons. The first kappa shape index (κ1) is 31.4. The number of carbonyl (C=O) groups excluding carboxylic acids is 2. The van der Waals surface area contributed by atoms with Gasteiger partial charge in [0.1, 0.15) is 5.82 Å². The zero-order valence-corrected chi connectivity index (χ0v) is 23.4. The molecule has 44 heavy (non-hydrogen) atoms. The van der Waals surface area contributed by atoms with Crippen LogP contribution in [0.2, 0.25) is 0 Å². The van der Waals surface area contributed by atoms with Gasteiger partial charge in [0.15, 0.2) is 0 Å². The molecule has 8 nitrogen and oxygen atoms in total. The molecule has 0 atom stereocenters. The van der Waals surface area contributed by atoms with Crippen LogP contribution in [0.4, 0.5) is 41.5 Å². The van der Waals surface area contributed by atoms with Gasteiger partial charge in [-0.1, -0.05) is 6.07 Å². The van der Waals surface area contributed by atoms with Gasteiger partial charge in [-0.05, 0) is 67.4 Å². The Morgan fingerprint density at radius 3 is 2.43 bits per heavy atom. The van der Waals surface area contributed by atoms with Gasteiger partial charge in [0.2, 0.25) is 5.95 Å². The molecule has 3 aromatic rings. The lowest BCUT2D eigenvalue weighted by atomic mass is 9.96. The smallest absolute Gasteiger partial charge is 0.341 e. The fourth-order valence-corrected chi connectivity index (χ4v) is 5.51. The van der Waals surface area contributed by atoms with E-state index in [1.54, 1.807) is 12.3 Å². The highest BCUT2D eigenvalue weighted by molar-refractivity contribution is 8.18. The SMILES string of the molecule is O=C1NC(=O)C(=Cc2ccnc(N3CCC(CNCc4cc(-c5ccc(C(F)(F)F)cc5C(F)(F)F)ncc4F)CC3)n2)S1. The Bertz CT molecular complexity index is 1600. The molecule has 0 spiro atoms. The van der Waals surface area contributed by atoms with E-state index in [1.807, 2.05) is 4.90 Å². The molecule has 2 aliphatic heterocycles. The van der Waals surface area contributed by atoms with Crippen molar-refractivity contribution < 1.29 is 40.3 Å². The second-order valence-corrected chi connectivity index (χ2v) is 11.1. The van der Waals surface area contributed by atoms with Crippen LogP contribution in [0.5, 0.6) is 0 Å². The number of thioether (sulfide) groups is 1. The molecule has 2 saturated heterocycles. The van der Waals surface area contributed by atoms with Crippen molar-refractivity contribution >= 4 is 34.9 Å². The Hall–Kier alpha value is -4.05. The number of benzene rings is 1. The molecule has 16 heteroatoms. The number of hydrogen-bond acceptors (Lipinski definition) is 8. The summed E-state index contributed by atoms with van der Waals surface area (Å²) in [7, 11) is 0. The van der Waals surface area contributed by atoms with Crippen LogP contribution in [0.1, 0.15) is 35.2 Å². The Labute approximate surface area is 250 Å². The summed E-state index contributed by atoms with van der Waals surface area (Å²) >= 11 is 0.790. The maximum Gasteiger partial charge on any atom is 0.417 e. The van der Waals surface area contributed by atoms with Gasteiger partial charge in [0, 0.05) is 37.0 Å². The molecule has 2 amide bonds. The van der Waals surface area contributed by atoms with Crippen LogP contribution in [0.25, 0.3) is 17.3 Å². The third-order valence-corrected chi connectivity index (χ3v) is 7.90. The highest BCUT2D eigenvalue weighted by atomic mass is 32.2. The lowest BCUT2D eigenvalue weighted by Gasteiger charge is -2.32. The number of rotatable bonds is 7. The minimum Gasteiger partial charge on any atom is -0.341 e. The highest BCUT2D eigenvalue weighted by Crippen LogP contribution is 2.40. The minimum absolute atomic E-state index is 0.0237. The van der Waals surface area contributed by atoms with Crippen molar-refractivity contribution in [3.63, 3.8) is 0 Å². The van der Waals surface area contributed by atoms with E-state index in [2.05, 4.69) is 25.6 Å². The number of carbonyl (C=O) groups is 2. The third kappa shape index (κ3) is 7.35. The molecule has 2 N–H and O–H groups in total. The molecule has 2 aliphatic rings. The van der Waals surface area contributed by atoms with E-state index < -0.39 is 46.0 Å². The largest absolute Gasteiger partial charge is 0.417 e. The molecule has 0 unspecified atom stereocenters. The highest BCUT2D eigenvalue weighted by Gasteiger charge is 2.38. The number of hydrogen-bond donors (Lipinski definition) is 2. The predicted molar refractivity (Wildman–Crippen MR) is 147 cm³/mol. The summed E-state index contributed by atoms with van der Waals surface area (Å²) in [5, 5.41) is 4.84. The van der Waals surface area contributed by atoms with E-state index in [4.69, 9.17) is 0 Å². The van der Waals surface area contributed by atoms with Crippen molar-refractivity contribution in [2.75, 3.05) is 24.5 Å². The summed E-state index contributed by atoms with van der Waals surface area (Å²) in [6.45, 7) is 1.67. The second-order valence-electron chi connectivity index (χ2n) is 10.1. The molecule has 0 bridgehead atoms. The van der Waals surface area contributed by atoms with Crippen LogP contribution >= 0.6 is 11.8 Å². The molecule has 2 fully saturated rings. The molecule has 0 aliphatic carbocycles. The first-order chi connectivity index (χ1) is 20.8. The molecule has 0 radical (unpaired) electrons. The van der Waals surface area contributed by atoms with Crippen LogP contribution in [0.3, 0.4) is 0 Å².